The van der Waals surface area contributed by atoms with Crippen LogP contribution in [-0.4, -0.2) is 39.1 Å². The summed E-state index contributed by atoms with van der Waals surface area (Å²) in [5.41, 5.74) is 0.908. The summed E-state index contributed by atoms with van der Waals surface area (Å²) in [4.78, 5) is 12.6. The van der Waals surface area contributed by atoms with E-state index in [1.807, 2.05) is 35.8 Å². The Morgan fingerprint density at radius 2 is 2.19 bits per heavy atom. The molecule has 7 heteroatoms. The first kappa shape index (κ1) is 18.8. The van der Waals surface area contributed by atoms with Crippen LogP contribution in [0.2, 0.25) is 0 Å². The predicted octanol–water partition coefficient (Wildman–Crippen LogP) is 3.45. The molecule has 1 aliphatic rings. The first-order valence-electron chi connectivity index (χ1n) is 9.10. The number of nitrogens with one attached hydrogen (secondary N) is 1. The molecule has 1 aromatic heterocycles. The second-order valence-corrected chi connectivity index (χ2v) is 8.13. The largest absolute Gasteiger partial charge is 0.497 e. The van der Waals surface area contributed by atoms with Crippen LogP contribution in [0, 0.1) is 5.92 Å². The Hall–Kier alpha value is -2.02. The van der Waals surface area contributed by atoms with E-state index >= 15 is 0 Å². The van der Waals surface area contributed by atoms with Crippen LogP contribution in [0.1, 0.15) is 39.5 Å². The van der Waals surface area contributed by atoms with E-state index in [4.69, 9.17) is 4.74 Å². The van der Waals surface area contributed by atoms with Gasteiger partial charge in [0.1, 0.15) is 12.1 Å². The van der Waals surface area contributed by atoms with Gasteiger partial charge in [-0.05, 0) is 37.8 Å². The Kier molecular flexibility index (Phi) is 6.19. The molecule has 0 bridgehead atoms. The fourth-order valence-corrected chi connectivity index (χ4v) is 4.14. The molecule has 6 nitrogen and oxygen atoms in total. The average molecular weight is 375 g/mol. The van der Waals surface area contributed by atoms with E-state index in [2.05, 4.69) is 22.4 Å². The third-order valence-electron chi connectivity index (χ3n) is 4.94. The third-order valence-corrected chi connectivity index (χ3v) is 6.00. The molecule has 1 heterocycles. The van der Waals surface area contributed by atoms with Gasteiger partial charge in [0, 0.05) is 12.1 Å². The normalized spacial score (nSPS) is 21.2. The molecule has 1 amide bonds. The predicted molar refractivity (Wildman–Crippen MR) is 103 cm³/mol. The number of carbonyl (C=O) groups excluding carboxylic acids is 1. The number of thioether (sulfide) groups is 1. The Balaban J connectivity index is 1.67. The van der Waals surface area contributed by atoms with Crippen LogP contribution in [0.25, 0.3) is 5.69 Å². The van der Waals surface area contributed by atoms with Crippen molar-refractivity contribution in [2.45, 2.75) is 56.0 Å². The molecule has 1 aliphatic carbocycles. The quantitative estimate of drug-likeness (QED) is 0.784. The van der Waals surface area contributed by atoms with Crippen LogP contribution in [0.4, 0.5) is 0 Å². The summed E-state index contributed by atoms with van der Waals surface area (Å²) in [6.07, 6.45) is 6.38. The third kappa shape index (κ3) is 4.38. The minimum Gasteiger partial charge on any atom is -0.497 e. The lowest BCUT2D eigenvalue weighted by atomic mass is 9.86. The number of ether oxygens (including phenoxy) is 1. The van der Waals surface area contributed by atoms with Crippen LogP contribution >= 0.6 is 11.8 Å². The second kappa shape index (κ2) is 8.58. The summed E-state index contributed by atoms with van der Waals surface area (Å²) in [5, 5.41) is 11.9. The summed E-state index contributed by atoms with van der Waals surface area (Å²) in [7, 11) is 1.64. The van der Waals surface area contributed by atoms with E-state index in [0.717, 1.165) is 17.9 Å². The molecule has 1 N–H and O–H groups in total. The lowest BCUT2D eigenvalue weighted by Crippen LogP contribution is -2.44. The van der Waals surface area contributed by atoms with Gasteiger partial charge < -0.3 is 10.1 Å². The SMILES string of the molecule is COc1cccc(-n2cnnc2S[C@H](C)C(=O)N[C@@H]2CCCC[C@H]2C)c1. The van der Waals surface area contributed by atoms with Crippen molar-refractivity contribution in [2.24, 2.45) is 5.92 Å². The molecule has 26 heavy (non-hydrogen) atoms. The van der Waals surface area contributed by atoms with Gasteiger partial charge in [-0.25, -0.2) is 0 Å². The van der Waals surface area contributed by atoms with Crippen molar-refractivity contribution in [3.63, 3.8) is 0 Å². The molecule has 2 aromatic rings. The molecule has 3 atom stereocenters. The average Bonchev–Trinajstić information content (AvgIpc) is 3.11. The first-order chi connectivity index (χ1) is 12.6. The zero-order valence-corrected chi connectivity index (χ0v) is 16.3. The summed E-state index contributed by atoms with van der Waals surface area (Å²) in [6.45, 7) is 4.14. The molecule has 140 valence electrons. The topological polar surface area (TPSA) is 69.0 Å². The highest BCUT2D eigenvalue weighted by Gasteiger charge is 2.26. The molecule has 1 saturated carbocycles. The number of rotatable bonds is 6. The van der Waals surface area contributed by atoms with Crippen LogP contribution in [0.15, 0.2) is 35.7 Å². The maximum atomic E-state index is 12.6. The minimum absolute atomic E-state index is 0.0638. The van der Waals surface area contributed by atoms with Gasteiger partial charge >= 0.3 is 0 Å². The Labute approximate surface area is 158 Å². The van der Waals surface area contributed by atoms with Crippen LogP contribution in [-0.2, 0) is 4.79 Å². The van der Waals surface area contributed by atoms with Crippen molar-refractivity contribution in [3.05, 3.63) is 30.6 Å². The Morgan fingerprint density at radius 3 is 2.96 bits per heavy atom. The van der Waals surface area contributed by atoms with Crippen molar-refractivity contribution in [3.8, 4) is 11.4 Å². The second-order valence-electron chi connectivity index (χ2n) is 6.82. The van der Waals surface area contributed by atoms with Crippen LogP contribution in [0.3, 0.4) is 0 Å². The van der Waals surface area contributed by atoms with E-state index < -0.39 is 0 Å². The van der Waals surface area contributed by atoms with Crippen molar-refractivity contribution >= 4 is 17.7 Å². The van der Waals surface area contributed by atoms with Crippen molar-refractivity contribution in [2.75, 3.05) is 7.11 Å². The van der Waals surface area contributed by atoms with E-state index in [1.165, 1.54) is 31.0 Å². The Morgan fingerprint density at radius 1 is 1.38 bits per heavy atom. The minimum atomic E-state index is -0.238. The summed E-state index contributed by atoms with van der Waals surface area (Å²) < 4.78 is 7.16. The summed E-state index contributed by atoms with van der Waals surface area (Å²) in [6, 6.07) is 7.98. The van der Waals surface area contributed by atoms with E-state index in [-0.39, 0.29) is 17.2 Å². The molecule has 0 unspecified atom stereocenters. The van der Waals surface area contributed by atoms with Crippen molar-refractivity contribution in [1.29, 1.82) is 0 Å². The number of carbonyl (C=O) groups is 1. The van der Waals surface area contributed by atoms with Gasteiger partial charge in [-0.15, -0.1) is 10.2 Å². The highest BCUT2D eigenvalue weighted by Crippen LogP contribution is 2.27. The van der Waals surface area contributed by atoms with Gasteiger partial charge in [0.25, 0.3) is 0 Å². The standard InChI is InChI=1S/C19H26N4O2S/c1-13-7-4-5-10-17(13)21-18(24)14(2)26-19-22-20-12-23(19)15-8-6-9-16(11-15)25-3/h6,8-9,11-14,17H,4-5,7,10H2,1-3H3,(H,21,24)/t13-,14-,17-/m1/s1. The van der Waals surface area contributed by atoms with Crippen LogP contribution in [0.5, 0.6) is 5.75 Å². The molecular formula is C19H26N4O2S. The maximum absolute atomic E-state index is 12.6. The number of aromatic nitrogens is 3. The zero-order valence-electron chi connectivity index (χ0n) is 15.5. The molecule has 0 saturated heterocycles. The van der Waals surface area contributed by atoms with Gasteiger partial charge in [-0.3, -0.25) is 9.36 Å². The van der Waals surface area contributed by atoms with Gasteiger partial charge in [-0.1, -0.05) is 37.6 Å². The number of hydrogen-bond donors (Lipinski definition) is 1. The molecule has 0 spiro atoms. The molecule has 0 aliphatic heterocycles. The number of benzene rings is 1. The van der Waals surface area contributed by atoms with Gasteiger partial charge in [-0.2, -0.15) is 0 Å². The smallest absolute Gasteiger partial charge is 0.233 e. The van der Waals surface area contributed by atoms with Crippen molar-refractivity contribution in [1.82, 2.24) is 20.1 Å². The molecule has 1 aromatic carbocycles. The number of methoxy groups -OCH3 is 1. The number of nitrogens with zero attached hydrogens (tertiary/aromatic N) is 3. The Bertz CT molecular complexity index is 749. The van der Waals surface area contributed by atoms with E-state index in [0.29, 0.717) is 11.1 Å². The molecular weight excluding hydrogens is 348 g/mol. The first-order valence-corrected chi connectivity index (χ1v) is 9.98. The maximum Gasteiger partial charge on any atom is 0.233 e. The number of hydrogen-bond acceptors (Lipinski definition) is 5. The fourth-order valence-electron chi connectivity index (χ4n) is 3.28. The highest BCUT2D eigenvalue weighted by molar-refractivity contribution is 8.00. The van der Waals surface area contributed by atoms with Crippen LogP contribution < -0.4 is 10.1 Å². The van der Waals surface area contributed by atoms with Gasteiger partial charge in [0.15, 0.2) is 5.16 Å². The lowest BCUT2D eigenvalue weighted by Gasteiger charge is -2.30. The fraction of sp³-hybridized carbons (Fsp3) is 0.526. The number of amides is 1. The molecule has 3 rings (SSSR count). The monoisotopic (exact) mass is 374 g/mol. The summed E-state index contributed by atoms with van der Waals surface area (Å²) in [5.74, 6) is 1.38. The van der Waals surface area contributed by atoms with Crippen molar-refractivity contribution < 1.29 is 9.53 Å². The lowest BCUT2D eigenvalue weighted by molar-refractivity contribution is -0.121. The highest BCUT2D eigenvalue weighted by atomic mass is 32.2. The molecule has 0 radical (unpaired) electrons. The van der Waals surface area contributed by atoms with E-state index in [9.17, 15) is 4.79 Å². The van der Waals surface area contributed by atoms with Gasteiger partial charge in [0.05, 0.1) is 18.0 Å². The zero-order chi connectivity index (χ0) is 18.5. The van der Waals surface area contributed by atoms with Gasteiger partial charge in [0.2, 0.25) is 5.91 Å². The molecule has 1 fully saturated rings. The van der Waals surface area contributed by atoms with E-state index in [1.54, 1.807) is 13.4 Å². The summed E-state index contributed by atoms with van der Waals surface area (Å²) >= 11 is 1.42.